The average molecular weight is 698 g/mol. The fourth-order valence-corrected chi connectivity index (χ4v) is 7.54. The van der Waals surface area contributed by atoms with Crippen LogP contribution < -0.4 is 11.1 Å². The molecule has 19 heteroatoms. The van der Waals surface area contributed by atoms with Gasteiger partial charge in [-0.25, -0.2) is 19.3 Å². The van der Waals surface area contributed by atoms with Gasteiger partial charge in [-0.3, -0.25) is 14.5 Å². The van der Waals surface area contributed by atoms with E-state index in [1.807, 2.05) is 25.9 Å². The lowest BCUT2D eigenvalue weighted by molar-refractivity contribution is -0.173. The van der Waals surface area contributed by atoms with Crippen LogP contribution in [0, 0.1) is 0 Å². The van der Waals surface area contributed by atoms with Gasteiger partial charge in [0, 0.05) is 29.9 Å². The van der Waals surface area contributed by atoms with Crippen molar-refractivity contribution < 1.29 is 33.4 Å². The van der Waals surface area contributed by atoms with Crippen molar-refractivity contribution in [2.24, 2.45) is 0 Å². The van der Waals surface area contributed by atoms with E-state index in [4.69, 9.17) is 19.9 Å². The van der Waals surface area contributed by atoms with Crippen LogP contribution in [-0.2, 0) is 41.6 Å². The fraction of sp³-hybridized carbons (Fsp3) is 0.630. The number of ether oxygens (including phenoxy) is 3. The topological polar surface area (TPSA) is 197 Å². The summed E-state index contributed by atoms with van der Waals surface area (Å²) in [4.78, 5) is 59.7. The Morgan fingerprint density at radius 1 is 1.24 bits per heavy atom. The van der Waals surface area contributed by atoms with Crippen LogP contribution in [0.1, 0.15) is 45.7 Å². The molecule has 16 nitrogen and oxygen atoms in total. The van der Waals surface area contributed by atoms with Crippen molar-refractivity contribution in [1.82, 2.24) is 40.3 Å². The molecule has 0 aliphatic carbocycles. The third-order valence-corrected chi connectivity index (χ3v) is 10.00. The highest BCUT2D eigenvalue weighted by atomic mass is 32.2. The molecule has 2 aromatic rings. The number of rotatable bonds is 16. The molecule has 0 aromatic carbocycles. The summed E-state index contributed by atoms with van der Waals surface area (Å²) in [6, 6.07) is -0.850. The summed E-state index contributed by atoms with van der Waals surface area (Å²) < 4.78 is 17.8. The van der Waals surface area contributed by atoms with E-state index in [2.05, 4.69) is 25.8 Å². The molecule has 46 heavy (non-hydrogen) atoms. The number of thiazole rings is 1. The number of likely N-dealkylation sites (N-methyl/N-ethyl adjacent to an activating group) is 1. The zero-order valence-corrected chi connectivity index (χ0v) is 28.8. The first-order chi connectivity index (χ1) is 22.0. The van der Waals surface area contributed by atoms with Crippen LogP contribution in [0.25, 0.3) is 0 Å². The predicted octanol–water partition coefficient (Wildman–Crippen LogP) is 1.88. The number of aromatic nitrogens is 5. The maximum absolute atomic E-state index is 13.7. The van der Waals surface area contributed by atoms with Gasteiger partial charge < -0.3 is 30.2 Å². The van der Waals surface area contributed by atoms with Gasteiger partial charge >= 0.3 is 12.1 Å². The minimum Gasteiger partial charge on any atom is -0.431 e. The number of hydrogen-bond donors (Lipinski definition) is 2. The number of hydrogen-bond acceptors (Lipinski definition) is 16. The maximum atomic E-state index is 13.7. The molecule has 0 saturated carbocycles. The highest BCUT2D eigenvalue weighted by molar-refractivity contribution is 8.01. The van der Waals surface area contributed by atoms with Crippen molar-refractivity contribution in [2.75, 3.05) is 37.9 Å². The largest absolute Gasteiger partial charge is 0.511 e. The van der Waals surface area contributed by atoms with E-state index in [0.29, 0.717) is 40.3 Å². The second-order valence-electron chi connectivity index (χ2n) is 10.9. The first-order valence-electron chi connectivity index (χ1n) is 14.8. The SMILES string of the molecule is CCCC(C)OC(=O)OC(CC)OC(=O)C1=C(CSc2nnnn2CCN(C)C)CS[C@H]2[C@H](NC(=O)Cc3csc(N)n3)C(=O)N12. The number of esters is 1. The molecule has 0 radical (unpaired) electrons. The highest BCUT2D eigenvalue weighted by Gasteiger charge is 2.54. The van der Waals surface area contributed by atoms with E-state index in [0.717, 1.165) is 13.0 Å². The zero-order valence-electron chi connectivity index (χ0n) is 26.3. The van der Waals surface area contributed by atoms with E-state index in [9.17, 15) is 19.2 Å². The molecular formula is C27H39N9O7S3. The molecule has 0 bridgehead atoms. The Morgan fingerprint density at radius 2 is 2.02 bits per heavy atom. The van der Waals surface area contributed by atoms with Gasteiger partial charge in [0.15, 0.2) is 5.13 Å². The van der Waals surface area contributed by atoms with Crippen LogP contribution in [0.4, 0.5) is 9.93 Å². The standard InChI is InChI=1S/C27H39N9O7S3/c1-6-8-15(3)41-27(40)43-19(7-2)42-24(39)21-16(13-46-26-31-32-33-35(26)10-9-34(4)5)12-44-23-20(22(38)36(21)23)30-18(37)11-17-14-45-25(28)29-17/h14-15,19-20,23H,6-13H2,1-5H3,(H2,28,29)(H,30,37)/t15?,19?,20-,23+/m1/s1. The Hall–Kier alpha value is -3.42. The van der Waals surface area contributed by atoms with E-state index in [1.165, 1.54) is 39.8 Å². The molecule has 2 aliphatic heterocycles. The Labute approximate surface area is 279 Å². The van der Waals surface area contributed by atoms with E-state index in [-0.39, 0.29) is 30.4 Å². The van der Waals surface area contributed by atoms with Crippen molar-refractivity contribution in [3.8, 4) is 0 Å². The number of fused-ring (bicyclic) bond motifs is 1. The second-order valence-corrected chi connectivity index (χ2v) is 13.8. The molecule has 252 valence electrons. The third-order valence-electron chi connectivity index (χ3n) is 6.89. The number of thioether (sulfide) groups is 2. The number of carbonyl (C=O) groups is 4. The van der Waals surface area contributed by atoms with Crippen molar-refractivity contribution in [1.29, 1.82) is 0 Å². The summed E-state index contributed by atoms with van der Waals surface area (Å²) in [5.74, 6) is -1.03. The summed E-state index contributed by atoms with van der Waals surface area (Å²) in [6.07, 6.45) is -0.943. The third kappa shape index (κ3) is 9.10. The minimum atomic E-state index is -1.24. The van der Waals surface area contributed by atoms with Gasteiger partial charge in [0.1, 0.15) is 23.2 Å². The normalized spacial score (nSPS) is 18.9. The molecular weight excluding hydrogens is 659 g/mol. The first kappa shape index (κ1) is 35.4. The summed E-state index contributed by atoms with van der Waals surface area (Å²) in [5, 5.41) is 16.8. The lowest BCUT2D eigenvalue weighted by atomic mass is 10.0. The summed E-state index contributed by atoms with van der Waals surface area (Å²) in [6.45, 7) is 6.69. The van der Waals surface area contributed by atoms with Crippen molar-refractivity contribution in [3.63, 3.8) is 0 Å². The van der Waals surface area contributed by atoms with Gasteiger partial charge in [0.2, 0.25) is 11.1 Å². The lowest BCUT2D eigenvalue weighted by Crippen LogP contribution is -2.70. The second kappa shape index (κ2) is 16.4. The number of anilines is 1. The molecule has 1 fully saturated rings. The van der Waals surface area contributed by atoms with Gasteiger partial charge in [-0.15, -0.1) is 28.2 Å². The quantitative estimate of drug-likeness (QED) is 0.112. The summed E-state index contributed by atoms with van der Waals surface area (Å²) in [5.41, 5.74) is 6.83. The Morgan fingerprint density at radius 3 is 2.70 bits per heavy atom. The molecule has 3 N–H and O–H groups in total. The number of nitrogen functional groups attached to an aromatic ring is 1. The summed E-state index contributed by atoms with van der Waals surface area (Å²) >= 11 is 3.96. The molecule has 4 atom stereocenters. The molecule has 2 aliphatic rings. The van der Waals surface area contributed by atoms with Gasteiger partial charge in [0.25, 0.3) is 12.2 Å². The number of amides is 2. The molecule has 2 unspecified atom stereocenters. The Bertz CT molecular complexity index is 1430. The number of carbonyl (C=O) groups excluding carboxylic acids is 4. The van der Waals surface area contributed by atoms with Crippen molar-refractivity contribution in [2.45, 2.75) is 82.0 Å². The average Bonchev–Trinajstić information content (AvgIpc) is 3.64. The Balaban J connectivity index is 1.50. The number of nitrogens with one attached hydrogen (secondary N) is 1. The smallest absolute Gasteiger partial charge is 0.431 e. The fourth-order valence-electron chi connectivity index (χ4n) is 4.59. The van der Waals surface area contributed by atoms with Crippen LogP contribution in [0.15, 0.2) is 21.8 Å². The van der Waals surface area contributed by atoms with Crippen molar-refractivity contribution in [3.05, 3.63) is 22.3 Å². The van der Waals surface area contributed by atoms with Crippen LogP contribution >= 0.6 is 34.9 Å². The highest BCUT2D eigenvalue weighted by Crippen LogP contribution is 2.42. The van der Waals surface area contributed by atoms with E-state index in [1.54, 1.807) is 23.9 Å². The van der Waals surface area contributed by atoms with Crippen LogP contribution in [-0.4, -0.2) is 115 Å². The summed E-state index contributed by atoms with van der Waals surface area (Å²) in [7, 11) is 3.89. The van der Waals surface area contributed by atoms with Crippen molar-refractivity contribution >= 4 is 63.9 Å². The molecule has 2 aromatic heterocycles. The monoisotopic (exact) mass is 697 g/mol. The molecule has 4 rings (SSSR count). The lowest BCUT2D eigenvalue weighted by Gasteiger charge is -2.49. The minimum absolute atomic E-state index is 0.0352. The van der Waals surface area contributed by atoms with Crippen LogP contribution in [0.2, 0.25) is 0 Å². The number of tetrazole rings is 1. The first-order valence-corrected chi connectivity index (χ1v) is 17.7. The predicted molar refractivity (Wildman–Crippen MR) is 171 cm³/mol. The van der Waals surface area contributed by atoms with Gasteiger partial charge in [-0.2, -0.15) is 0 Å². The zero-order chi connectivity index (χ0) is 33.4. The number of β-lactam (4-membered cyclic amide) rings is 1. The van der Waals surface area contributed by atoms with Crippen LogP contribution in [0.3, 0.4) is 0 Å². The van der Waals surface area contributed by atoms with E-state index >= 15 is 0 Å². The van der Waals surface area contributed by atoms with Gasteiger partial charge in [-0.05, 0) is 43.4 Å². The van der Waals surface area contributed by atoms with Gasteiger partial charge in [-0.1, -0.05) is 32.0 Å². The molecule has 1 saturated heterocycles. The molecule has 0 spiro atoms. The Kier molecular flexibility index (Phi) is 12.6. The number of nitrogens with two attached hydrogens (primary N) is 1. The number of nitrogens with zero attached hydrogens (tertiary/aromatic N) is 7. The van der Waals surface area contributed by atoms with Crippen LogP contribution in [0.5, 0.6) is 0 Å². The van der Waals surface area contributed by atoms with E-state index < -0.39 is 41.6 Å². The molecule has 2 amide bonds. The molecule has 4 heterocycles. The van der Waals surface area contributed by atoms with Gasteiger partial charge in [0.05, 0.1) is 18.7 Å². The maximum Gasteiger partial charge on any atom is 0.511 e.